The summed E-state index contributed by atoms with van der Waals surface area (Å²) in [5, 5.41) is 0. The topological polar surface area (TPSA) is 69.1 Å². The highest BCUT2D eigenvalue weighted by molar-refractivity contribution is 5.69. The van der Waals surface area contributed by atoms with Crippen molar-refractivity contribution in [1.29, 1.82) is 0 Å². The van der Waals surface area contributed by atoms with E-state index in [9.17, 15) is 30.7 Å². The molecule has 0 aliphatic rings. The molecule has 0 spiro atoms. The van der Waals surface area contributed by atoms with Crippen molar-refractivity contribution in [1.82, 2.24) is 0 Å². The van der Waals surface area contributed by atoms with Gasteiger partial charge < -0.3 is 11.5 Å². The monoisotopic (exact) mass is 230 g/mol. The number of nitrogens with two attached hydrogens (primary N) is 2. The third-order valence-electron chi connectivity index (χ3n) is 0.652. The van der Waals surface area contributed by atoms with Crippen LogP contribution in [0.5, 0.6) is 0 Å². The molecule has 10 heteroatoms. The second-order valence-electron chi connectivity index (χ2n) is 1.82. The minimum absolute atomic E-state index is 0.833. The molecule has 0 aromatic heterocycles. The molecule has 0 radical (unpaired) electrons. The summed E-state index contributed by atoms with van der Waals surface area (Å²) < 4.78 is 76.6. The molecule has 86 valence electrons. The van der Waals surface area contributed by atoms with E-state index in [4.69, 9.17) is 4.79 Å². The summed E-state index contributed by atoms with van der Waals surface area (Å²) in [4.78, 5) is 9.00. The van der Waals surface area contributed by atoms with Gasteiger partial charge in [0.25, 0.3) is 0 Å². The summed E-state index contributed by atoms with van der Waals surface area (Å²) >= 11 is 0. The van der Waals surface area contributed by atoms with Crippen molar-refractivity contribution >= 4 is 6.03 Å². The molecule has 0 saturated heterocycles. The molecule has 14 heavy (non-hydrogen) atoms. The second kappa shape index (κ2) is 4.86. The highest BCUT2D eigenvalue weighted by Gasteiger charge is 2.64. The van der Waals surface area contributed by atoms with Crippen LogP contribution in [0.15, 0.2) is 0 Å². The summed E-state index contributed by atoms with van der Waals surface area (Å²) in [6.45, 7) is 0. The highest BCUT2D eigenvalue weighted by atomic mass is 19.4. The van der Waals surface area contributed by atoms with Crippen LogP contribution in [0.25, 0.3) is 0 Å². The SMILES string of the molecule is FC(F)C(F)(F)C(F)(F)F.NC(N)=O. The van der Waals surface area contributed by atoms with Crippen LogP contribution < -0.4 is 11.5 Å². The molecule has 0 unspecified atom stereocenters. The van der Waals surface area contributed by atoms with E-state index >= 15 is 0 Å². The molecule has 0 heterocycles. The molecule has 0 aliphatic heterocycles. The van der Waals surface area contributed by atoms with E-state index in [1.165, 1.54) is 0 Å². The van der Waals surface area contributed by atoms with E-state index in [-0.39, 0.29) is 0 Å². The lowest BCUT2D eigenvalue weighted by Crippen LogP contribution is -2.42. The van der Waals surface area contributed by atoms with Crippen molar-refractivity contribution in [3.8, 4) is 0 Å². The van der Waals surface area contributed by atoms with Crippen LogP contribution in [0.1, 0.15) is 0 Å². The van der Waals surface area contributed by atoms with Crippen molar-refractivity contribution in [3.63, 3.8) is 0 Å². The number of hydrogen-bond acceptors (Lipinski definition) is 1. The minimum Gasteiger partial charge on any atom is -0.352 e. The Bertz CT molecular complexity index is 185. The summed E-state index contributed by atoms with van der Waals surface area (Å²) in [5.74, 6) is -5.90. The van der Waals surface area contributed by atoms with Gasteiger partial charge in [0, 0.05) is 0 Å². The Hall–Kier alpha value is -1.22. The Morgan fingerprint density at radius 3 is 1.21 bits per heavy atom. The van der Waals surface area contributed by atoms with Gasteiger partial charge in [0.1, 0.15) is 0 Å². The van der Waals surface area contributed by atoms with Crippen LogP contribution in [0.2, 0.25) is 0 Å². The predicted molar refractivity (Wildman–Crippen MR) is 30.8 cm³/mol. The lowest BCUT2D eigenvalue weighted by molar-refractivity contribution is -0.320. The fraction of sp³-hybridized carbons (Fsp3) is 0.750. The summed E-state index contributed by atoms with van der Waals surface area (Å²) in [7, 11) is 0. The third kappa shape index (κ3) is 5.43. The highest BCUT2D eigenvalue weighted by Crippen LogP contribution is 2.39. The lowest BCUT2D eigenvalue weighted by atomic mass is 10.3. The number of carbonyl (C=O) groups excluding carboxylic acids is 1. The van der Waals surface area contributed by atoms with Crippen molar-refractivity contribution in [2.45, 2.75) is 18.5 Å². The second-order valence-corrected chi connectivity index (χ2v) is 1.82. The van der Waals surface area contributed by atoms with Gasteiger partial charge in [-0.2, -0.15) is 22.0 Å². The van der Waals surface area contributed by atoms with E-state index in [0.29, 0.717) is 0 Å². The Labute approximate surface area is 72.8 Å². The average Bonchev–Trinajstić information content (AvgIpc) is 1.82. The molecule has 0 aliphatic carbocycles. The molecular weight excluding hydrogens is 225 g/mol. The number of amides is 2. The fourth-order valence-electron chi connectivity index (χ4n) is 0.124. The number of hydrogen-bond donors (Lipinski definition) is 2. The zero-order valence-electron chi connectivity index (χ0n) is 6.29. The summed E-state index contributed by atoms with van der Waals surface area (Å²) in [6.07, 6.45) is -10.9. The molecule has 0 aromatic carbocycles. The van der Waals surface area contributed by atoms with E-state index in [2.05, 4.69) is 11.5 Å². The third-order valence-corrected chi connectivity index (χ3v) is 0.652. The summed E-state index contributed by atoms with van der Waals surface area (Å²) in [5.41, 5.74) is 8.50. The van der Waals surface area contributed by atoms with Crippen LogP contribution in [-0.4, -0.2) is 24.6 Å². The van der Waals surface area contributed by atoms with E-state index < -0.39 is 24.6 Å². The smallest absolute Gasteiger partial charge is 0.352 e. The number of halogens is 7. The number of alkyl halides is 7. The van der Waals surface area contributed by atoms with E-state index in [1.54, 1.807) is 0 Å². The predicted octanol–water partition coefficient (Wildman–Crippen LogP) is 1.47. The standard InChI is InChI=1S/C3HF7.CH4N2O/c4-1(5)2(6,7)3(8,9)10;2-1(3)4/h1H;(H4,2,3,4). The largest absolute Gasteiger partial charge is 0.459 e. The fourth-order valence-corrected chi connectivity index (χ4v) is 0.124. The van der Waals surface area contributed by atoms with Crippen molar-refractivity contribution in [2.24, 2.45) is 11.5 Å². The number of rotatable bonds is 1. The molecular formula is C4H5F7N2O. The van der Waals surface area contributed by atoms with Crippen molar-refractivity contribution in [2.75, 3.05) is 0 Å². The van der Waals surface area contributed by atoms with Gasteiger partial charge in [-0.25, -0.2) is 13.6 Å². The number of carbonyl (C=O) groups is 1. The van der Waals surface area contributed by atoms with Crippen LogP contribution in [0.3, 0.4) is 0 Å². The van der Waals surface area contributed by atoms with Gasteiger partial charge >= 0.3 is 24.6 Å². The van der Waals surface area contributed by atoms with Crippen LogP contribution in [0, 0.1) is 0 Å². The van der Waals surface area contributed by atoms with Gasteiger partial charge in [0.05, 0.1) is 0 Å². The van der Waals surface area contributed by atoms with Gasteiger partial charge in [0.15, 0.2) is 0 Å². The Morgan fingerprint density at radius 2 is 1.21 bits per heavy atom. The Morgan fingerprint density at radius 1 is 1.00 bits per heavy atom. The quantitative estimate of drug-likeness (QED) is 0.658. The van der Waals surface area contributed by atoms with E-state index in [1.807, 2.05) is 0 Å². The van der Waals surface area contributed by atoms with Crippen LogP contribution in [0.4, 0.5) is 35.5 Å². The Balaban J connectivity index is 0. The first-order valence-corrected chi connectivity index (χ1v) is 2.70. The van der Waals surface area contributed by atoms with Gasteiger partial charge in [-0.15, -0.1) is 0 Å². The maximum Gasteiger partial charge on any atom is 0.459 e. The molecule has 0 fully saturated rings. The lowest BCUT2D eigenvalue weighted by Gasteiger charge is -2.17. The first-order valence-electron chi connectivity index (χ1n) is 2.70. The van der Waals surface area contributed by atoms with Gasteiger partial charge in [-0.1, -0.05) is 0 Å². The zero-order valence-corrected chi connectivity index (χ0v) is 6.29. The Kier molecular flexibility index (Phi) is 5.30. The van der Waals surface area contributed by atoms with Gasteiger partial charge in [-0.05, 0) is 0 Å². The average molecular weight is 230 g/mol. The molecule has 4 N–H and O–H groups in total. The van der Waals surface area contributed by atoms with Crippen molar-refractivity contribution in [3.05, 3.63) is 0 Å². The number of primary amides is 2. The summed E-state index contributed by atoms with van der Waals surface area (Å²) in [6, 6.07) is -0.833. The van der Waals surface area contributed by atoms with E-state index in [0.717, 1.165) is 0 Å². The van der Waals surface area contributed by atoms with Crippen molar-refractivity contribution < 1.29 is 35.5 Å². The maximum absolute atomic E-state index is 11.2. The molecule has 0 aromatic rings. The first kappa shape index (κ1) is 15.3. The molecule has 2 amide bonds. The van der Waals surface area contributed by atoms with Crippen LogP contribution in [-0.2, 0) is 0 Å². The molecule has 0 bridgehead atoms. The zero-order chi connectivity index (χ0) is 12.2. The van der Waals surface area contributed by atoms with Gasteiger partial charge in [-0.3, -0.25) is 0 Å². The first-order chi connectivity index (χ1) is 5.93. The van der Waals surface area contributed by atoms with Gasteiger partial charge in [0.2, 0.25) is 0 Å². The molecule has 3 nitrogen and oxygen atoms in total. The van der Waals surface area contributed by atoms with Crippen LogP contribution >= 0.6 is 0 Å². The molecule has 0 atom stereocenters. The normalized spacial score (nSPS) is 12.0. The maximum atomic E-state index is 11.2. The molecule has 0 rings (SSSR count). The number of urea groups is 1. The molecule has 0 saturated carbocycles. The minimum atomic E-state index is -6.17.